The van der Waals surface area contributed by atoms with Gasteiger partial charge in [0.15, 0.2) is 5.03 Å². The van der Waals surface area contributed by atoms with Crippen molar-refractivity contribution in [1.82, 2.24) is 13.9 Å². The Labute approximate surface area is 134 Å². The van der Waals surface area contributed by atoms with Gasteiger partial charge in [-0.3, -0.25) is 0 Å². The summed E-state index contributed by atoms with van der Waals surface area (Å²) in [6.45, 7) is 0.626. The molecule has 0 radical (unpaired) electrons. The second-order valence-corrected chi connectivity index (χ2v) is 7.50. The standard InChI is InChI=1S/C15H17N3O4S/c1-17-9-14(16-10-17)23(21,22)18-7-6-11(8-18)12-4-2-3-5-13(12)15(19)20/h2-5,9-11H,6-8H2,1H3,(H,19,20). The third-order valence-electron chi connectivity index (χ3n) is 4.07. The number of sulfonamides is 1. The van der Waals surface area contributed by atoms with Gasteiger partial charge < -0.3 is 9.67 Å². The van der Waals surface area contributed by atoms with Crippen molar-refractivity contribution in [2.45, 2.75) is 17.4 Å². The summed E-state index contributed by atoms with van der Waals surface area (Å²) < 4.78 is 28.1. The maximum Gasteiger partial charge on any atom is 0.335 e. The second-order valence-electron chi connectivity index (χ2n) is 5.62. The molecule has 1 aliphatic rings. The van der Waals surface area contributed by atoms with Crippen LogP contribution in [0.15, 0.2) is 41.8 Å². The zero-order valence-corrected chi connectivity index (χ0v) is 13.4. The SMILES string of the molecule is Cn1cnc(S(=O)(=O)N2CCC(c3ccccc3C(=O)O)C2)c1. The molecule has 3 rings (SSSR count). The van der Waals surface area contributed by atoms with Gasteiger partial charge in [0.25, 0.3) is 10.0 Å². The van der Waals surface area contributed by atoms with Crippen LogP contribution in [0.25, 0.3) is 0 Å². The van der Waals surface area contributed by atoms with Crippen LogP contribution in [-0.4, -0.2) is 46.4 Å². The minimum absolute atomic E-state index is 0.0205. The molecule has 0 bridgehead atoms. The molecular formula is C15H17N3O4S. The van der Waals surface area contributed by atoms with E-state index in [4.69, 9.17) is 0 Å². The number of rotatable bonds is 4. The first-order chi connectivity index (χ1) is 10.9. The topological polar surface area (TPSA) is 92.5 Å². The molecule has 0 aliphatic carbocycles. The lowest BCUT2D eigenvalue weighted by Crippen LogP contribution is -2.29. The van der Waals surface area contributed by atoms with Gasteiger partial charge >= 0.3 is 5.97 Å². The number of benzene rings is 1. The van der Waals surface area contributed by atoms with Crippen LogP contribution in [0.4, 0.5) is 0 Å². The van der Waals surface area contributed by atoms with E-state index in [-0.39, 0.29) is 23.1 Å². The molecule has 1 aliphatic heterocycles. The third kappa shape index (κ3) is 2.87. The van der Waals surface area contributed by atoms with Crippen LogP contribution in [0.3, 0.4) is 0 Å². The Kier molecular flexibility index (Phi) is 3.95. The second kappa shape index (κ2) is 5.78. The fourth-order valence-corrected chi connectivity index (χ4v) is 4.37. The summed E-state index contributed by atoms with van der Waals surface area (Å²) in [7, 11) is -1.93. The van der Waals surface area contributed by atoms with Crippen LogP contribution in [0.1, 0.15) is 28.3 Å². The molecule has 1 saturated heterocycles. The smallest absolute Gasteiger partial charge is 0.335 e. The van der Waals surface area contributed by atoms with Crippen molar-refractivity contribution in [3.63, 3.8) is 0 Å². The van der Waals surface area contributed by atoms with Gasteiger partial charge in [0.1, 0.15) is 0 Å². The Bertz CT molecular complexity index is 844. The summed E-state index contributed by atoms with van der Waals surface area (Å²) in [5.41, 5.74) is 0.910. The Balaban J connectivity index is 1.86. The predicted molar refractivity (Wildman–Crippen MR) is 82.7 cm³/mol. The van der Waals surface area contributed by atoms with Crippen molar-refractivity contribution < 1.29 is 18.3 Å². The van der Waals surface area contributed by atoms with E-state index in [0.29, 0.717) is 18.5 Å². The summed E-state index contributed by atoms with van der Waals surface area (Å²) in [4.78, 5) is 15.3. The van der Waals surface area contributed by atoms with Crippen LogP contribution >= 0.6 is 0 Å². The van der Waals surface area contributed by atoms with Gasteiger partial charge in [0.2, 0.25) is 0 Å². The van der Waals surface area contributed by atoms with Gasteiger partial charge in [-0.1, -0.05) is 18.2 Å². The lowest BCUT2D eigenvalue weighted by molar-refractivity contribution is 0.0695. The van der Waals surface area contributed by atoms with Gasteiger partial charge in [0.05, 0.1) is 11.9 Å². The first kappa shape index (κ1) is 15.7. The zero-order valence-electron chi connectivity index (χ0n) is 12.6. The fourth-order valence-electron chi connectivity index (χ4n) is 2.90. The quantitative estimate of drug-likeness (QED) is 0.909. The number of imidazole rings is 1. The minimum Gasteiger partial charge on any atom is -0.478 e. The number of aryl methyl sites for hydroxylation is 1. The number of carboxylic acids is 1. The highest BCUT2D eigenvalue weighted by molar-refractivity contribution is 7.89. The maximum atomic E-state index is 12.6. The van der Waals surface area contributed by atoms with E-state index in [9.17, 15) is 18.3 Å². The molecule has 1 atom stereocenters. The van der Waals surface area contributed by atoms with E-state index in [1.54, 1.807) is 35.9 Å². The average molecular weight is 335 g/mol. The summed E-state index contributed by atoms with van der Waals surface area (Å²) in [5.74, 6) is -1.12. The number of nitrogens with zero attached hydrogens (tertiary/aromatic N) is 3. The largest absolute Gasteiger partial charge is 0.478 e. The van der Waals surface area contributed by atoms with E-state index >= 15 is 0 Å². The first-order valence-electron chi connectivity index (χ1n) is 7.20. The van der Waals surface area contributed by atoms with E-state index in [0.717, 1.165) is 0 Å². The monoisotopic (exact) mass is 335 g/mol. The van der Waals surface area contributed by atoms with E-state index in [1.165, 1.54) is 16.8 Å². The van der Waals surface area contributed by atoms with Crippen LogP contribution in [0.2, 0.25) is 0 Å². The van der Waals surface area contributed by atoms with E-state index < -0.39 is 16.0 Å². The molecular weight excluding hydrogens is 318 g/mol. The van der Waals surface area contributed by atoms with E-state index in [1.807, 2.05) is 0 Å². The van der Waals surface area contributed by atoms with Crippen LogP contribution in [-0.2, 0) is 17.1 Å². The van der Waals surface area contributed by atoms with Gasteiger partial charge in [-0.2, -0.15) is 4.31 Å². The van der Waals surface area contributed by atoms with Gasteiger partial charge in [-0.15, -0.1) is 0 Å². The van der Waals surface area contributed by atoms with Crippen molar-refractivity contribution in [3.05, 3.63) is 47.9 Å². The van der Waals surface area contributed by atoms with Crippen molar-refractivity contribution in [3.8, 4) is 0 Å². The molecule has 7 nitrogen and oxygen atoms in total. The molecule has 2 aromatic rings. The highest BCUT2D eigenvalue weighted by Crippen LogP contribution is 2.32. The number of aromatic carboxylic acids is 1. The molecule has 2 heterocycles. The zero-order chi connectivity index (χ0) is 16.6. The molecule has 23 heavy (non-hydrogen) atoms. The summed E-state index contributed by atoms with van der Waals surface area (Å²) >= 11 is 0. The molecule has 1 aromatic heterocycles. The fraction of sp³-hybridized carbons (Fsp3) is 0.333. The van der Waals surface area contributed by atoms with Crippen molar-refractivity contribution in [1.29, 1.82) is 0 Å². The summed E-state index contributed by atoms with van der Waals surface area (Å²) in [6, 6.07) is 6.75. The predicted octanol–water partition coefficient (Wildman–Crippen LogP) is 1.30. The molecule has 1 aromatic carbocycles. The normalized spacial score (nSPS) is 19.1. The Hall–Kier alpha value is -2.19. The Morgan fingerprint density at radius 2 is 2.09 bits per heavy atom. The number of carbonyl (C=O) groups is 1. The number of aromatic nitrogens is 2. The molecule has 1 N–H and O–H groups in total. The average Bonchev–Trinajstić information content (AvgIpc) is 3.16. The number of hydrogen-bond donors (Lipinski definition) is 1. The molecule has 0 spiro atoms. The van der Waals surface area contributed by atoms with Crippen LogP contribution < -0.4 is 0 Å². The maximum absolute atomic E-state index is 12.6. The summed E-state index contributed by atoms with van der Waals surface area (Å²) in [6.07, 6.45) is 3.50. The molecule has 0 saturated carbocycles. The minimum atomic E-state index is -3.64. The van der Waals surface area contributed by atoms with Gasteiger partial charge in [-0.25, -0.2) is 18.2 Å². The molecule has 1 fully saturated rings. The number of hydrogen-bond acceptors (Lipinski definition) is 4. The molecule has 8 heteroatoms. The lowest BCUT2D eigenvalue weighted by Gasteiger charge is -2.16. The third-order valence-corrected chi connectivity index (χ3v) is 5.82. The first-order valence-corrected chi connectivity index (χ1v) is 8.64. The highest BCUT2D eigenvalue weighted by Gasteiger charge is 2.35. The summed E-state index contributed by atoms with van der Waals surface area (Å²) in [5, 5.41) is 9.31. The van der Waals surface area contributed by atoms with Crippen molar-refractivity contribution >= 4 is 16.0 Å². The Morgan fingerprint density at radius 3 is 2.74 bits per heavy atom. The molecule has 1 unspecified atom stereocenters. The van der Waals surface area contributed by atoms with Crippen molar-refractivity contribution in [2.75, 3.05) is 13.1 Å². The van der Waals surface area contributed by atoms with Crippen LogP contribution in [0, 0.1) is 0 Å². The van der Waals surface area contributed by atoms with Crippen molar-refractivity contribution in [2.24, 2.45) is 7.05 Å². The van der Waals surface area contributed by atoms with Crippen LogP contribution in [0.5, 0.6) is 0 Å². The van der Waals surface area contributed by atoms with E-state index in [2.05, 4.69) is 4.98 Å². The molecule has 0 amide bonds. The highest BCUT2D eigenvalue weighted by atomic mass is 32.2. The lowest BCUT2D eigenvalue weighted by atomic mass is 9.93. The molecule has 122 valence electrons. The van der Waals surface area contributed by atoms with Gasteiger partial charge in [0, 0.05) is 26.3 Å². The Morgan fingerprint density at radius 1 is 1.35 bits per heavy atom. The van der Waals surface area contributed by atoms with Gasteiger partial charge in [-0.05, 0) is 24.0 Å². The number of carboxylic acid groups (broad SMARTS) is 1.